The van der Waals surface area contributed by atoms with Crippen LogP contribution in [-0.4, -0.2) is 30.1 Å². The lowest BCUT2D eigenvalue weighted by Gasteiger charge is -2.42. The summed E-state index contributed by atoms with van der Waals surface area (Å²) in [4.78, 5) is 2.72. The van der Waals surface area contributed by atoms with Crippen LogP contribution in [0, 0.1) is 0 Å². The maximum absolute atomic E-state index is 4.66. The topological polar surface area (TPSA) is 17.3 Å². The fraction of sp³-hybridized carbons (Fsp3) is 0.600. The Labute approximate surface area is 104 Å². The summed E-state index contributed by atoms with van der Waals surface area (Å²) in [5.41, 5.74) is 1.45. The maximum Gasteiger partial charge on any atom is 0.0238 e. The van der Waals surface area contributed by atoms with Gasteiger partial charge in [0.05, 0.1) is 0 Å². The molecule has 92 valence electrons. The third-order valence-electron chi connectivity index (χ3n) is 4.18. The molecule has 2 atom stereocenters. The maximum atomic E-state index is 4.66. The Kier molecular flexibility index (Phi) is 3.44. The molecule has 0 amide bonds. The highest BCUT2D eigenvalue weighted by Gasteiger charge is 2.28. The largest absolute Gasteiger partial charge is 0.661 e. The van der Waals surface area contributed by atoms with Crippen molar-refractivity contribution in [2.45, 2.75) is 44.3 Å². The van der Waals surface area contributed by atoms with Crippen molar-refractivity contribution >= 4 is 0 Å². The van der Waals surface area contributed by atoms with Gasteiger partial charge in [0.15, 0.2) is 0 Å². The molecule has 1 aromatic carbocycles. The summed E-state index contributed by atoms with van der Waals surface area (Å²) in [6.07, 6.45) is 5.38. The first-order chi connectivity index (χ1) is 8.43. The molecule has 0 aromatic heterocycles. The van der Waals surface area contributed by atoms with E-state index in [4.69, 9.17) is 0 Å². The SMILES string of the molecule is c1ccc(CN2C3CCCC2C[N-]CC3)cc1. The molecule has 3 rings (SSSR count). The molecular formula is C15H21N2-. The average molecular weight is 229 g/mol. The van der Waals surface area contributed by atoms with Gasteiger partial charge in [0.25, 0.3) is 0 Å². The number of hydrogen-bond acceptors (Lipinski definition) is 1. The van der Waals surface area contributed by atoms with E-state index in [1.165, 1.54) is 31.2 Å². The normalized spacial score (nSPS) is 29.9. The van der Waals surface area contributed by atoms with Crippen LogP contribution >= 0.6 is 0 Å². The van der Waals surface area contributed by atoms with E-state index in [0.29, 0.717) is 6.04 Å². The lowest BCUT2D eigenvalue weighted by Crippen LogP contribution is -2.46. The van der Waals surface area contributed by atoms with Gasteiger partial charge in [-0.3, -0.25) is 4.90 Å². The third kappa shape index (κ3) is 2.53. The average Bonchev–Trinajstić information content (AvgIpc) is 2.49. The van der Waals surface area contributed by atoms with Gasteiger partial charge < -0.3 is 5.32 Å². The van der Waals surface area contributed by atoms with Gasteiger partial charge in [0.1, 0.15) is 0 Å². The summed E-state index contributed by atoms with van der Waals surface area (Å²) >= 11 is 0. The van der Waals surface area contributed by atoms with Crippen molar-refractivity contribution in [1.29, 1.82) is 0 Å². The molecule has 2 saturated heterocycles. The second-order valence-corrected chi connectivity index (χ2v) is 5.31. The van der Waals surface area contributed by atoms with Crippen molar-refractivity contribution in [1.82, 2.24) is 4.90 Å². The first-order valence-corrected chi connectivity index (χ1v) is 6.86. The van der Waals surface area contributed by atoms with Crippen LogP contribution in [0.2, 0.25) is 0 Å². The zero-order valence-corrected chi connectivity index (χ0v) is 10.4. The molecule has 2 unspecified atom stereocenters. The molecule has 0 saturated carbocycles. The molecule has 2 aliphatic rings. The molecule has 0 spiro atoms. The van der Waals surface area contributed by atoms with E-state index < -0.39 is 0 Å². The Balaban J connectivity index is 1.76. The van der Waals surface area contributed by atoms with Gasteiger partial charge in [-0.1, -0.05) is 43.2 Å². The zero-order valence-electron chi connectivity index (χ0n) is 10.4. The Morgan fingerprint density at radius 1 is 1.06 bits per heavy atom. The molecule has 2 fully saturated rings. The van der Waals surface area contributed by atoms with Crippen molar-refractivity contribution in [2.75, 3.05) is 13.1 Å². The molecular weight excluding hydrogens is 208 g/mol. The third-order valence-corrected chi connectivity index (χ3v) is 4.18. The van der Waals surface area contributed by atoms with E-state index in [1.807, 2.05) is 0 Å². The summed E-state index contributed by atoms with van der Waals surface area (Å²) in [7, 11) is 0. The minimum Gasteiger partial charge on any atom is -0.661 e. The smallest absolute Gasteiger partial charge is 0.0238 e. The lowest BCUT2D eigenvalue weighted by molar-refractivity contribution is 0.0871. The quantitative estimate of drug-likeness (QED) is 0.761. The number of nitrogens with zero attached hydrogens (tertiary/aromatic N) is 2. The van der Waals surface area contributed by atoms with Gasteiger partial charge in [-0.05, 0) is 24.4 Å². The Morgan fingerprint density at radius 3 is 2.76 bits per heavy atom. The fourth-order valence-corrected chi connectivity index (χ4v) is 3.26. The molecule has 2 nitrogen and oxygen atoms in total. The Morgan fingerprint density at radius 2 is 1.88 bits per heavy atom. The Bertz CT molecular complexity index is 335. The van der Waals surface area contributed by atoms with Crippen molar-refractivity contribution in [3.8, 4) is 0 Å². The molecule has 0 N–H and O–H groups in total. The standard InChI is InChI=1S/C15H21N2/c1-2-5-13(6-3-1)12-17-14-7-4-8-15(17)11-16-10-9-14/h1-3,5-6,14-15H,4,7-12H2/q-1. The lowest BCUT2D eigenvalue weighted by atomic mass is 9.94. The minimum atomic E-state index is 0.705. The predicted molar refractivity (Wildman–Crippen MR) is 71.1 cm³/mol. The van der Waals surface area contributed by atoms with E-state index >= 15 is 0 Å². The van der Waals surface area contributed by atoms with Crippen LogP contribution in [0.3, 0.4) is 0 Å². The first-order valence-electron chi connectivity index (χ1n) is 6.86. The molecule has 2 heteroatoms. The highest BCUT2D eigenvalue weighted by molar-refractivity contribution is 5.15. The number of fused-ring (bicyclic) bond motifs is 2. The monoisotopic (exact) mass is 229 g/mol. The molecule has 1 aromatic rings. The summed E-state index contributed by atoms with van der Waals surface area (Å²) in [6.45, 7) is 3.25. The highest BCUT2D eigenvalue weighted by atomic mass is 15.2. The van der Waals surface area contributed by atoms with Gasteiger partial charge in [-0.2, -0.15) is 0 Å². The van der Waals surface area contributed by atoms with Gasteiger partial charge >= 0.3 is 0 Å². The van der Waals surface area contributed by atoms with E-state index in [9.17, 15) is 0 Å². The van der Waals surface area contributed by atoms with Crippen LogP contribution in [0.15, 0.2) is 30.3 Å². The zero-order chi connectivity index (χ0) is 11.5. The Hall–Kier alpha value is -0.860. The summed E-state index contributed by atoms with van der Waals surface area (Å²) in [5, 5.41) is 4.66. The van der Waals surface area contributed by atoms with E-state index in [-0.39, 0.29) is 0 Å². The van der Waals surface area contributed by atoms with Gasteiger partial charge in [0.2, 0.25) is 0 Å². The predicted octanol–water partition coefficient (Wildman–Crippen LogP) is 3.19. The number of hydrogen-bond donors (Lipinski definition) is 0. The molecule has 0 aliphatic carbocycles. The molecule has 2 bridgehead atoms. The second-order valence-electron chi connectivity index (χ2n) is 5.31. The van der Waals surface area contributed by atoms with Crippen LogP contribution in [0.4, 0.5) is 0 Å². The van der Waals surface area contributed by atoms with Crippen LogP contribution in [0.1, 0.15) is 31.2 Å². The number of benzene rings is 1. The van der Waals surface area contributed by atoms with Crippen LogP contribution in [0.5, 0.6) is 0 Å². The second kappa shape index (κ2) is 5.19. The van der Waals surface area contributed by atoms with Gasteiger partial charge in [-0.15, -0.1) is 13.1 Å². The summed E-state index contributed by atoms with van der Waals surface area (Å²) < 4.78 is 0. The molecule has 17 heavy (non-hydrogen) atoms. The minimum absolute atomic E-state index is 0.705. The van der Waals surface area contributed by atoms with Crippen molar-refractivity contribution in [3.05, 3.63) is 41.2 Å². The van der Waals surface area contributed by atoms with Crippen LogP contribution in [0.25, 0.3) is 5.32 Å². The molecule has 2 aliphatic heterocycles. The van der Waals surface area contributed by atoms with E-state index in [2.05, 4.69) is 40.5 Å². The van der Waals surface area contributed by atoms with Crippen molar-refractivity contribution < 1.29 is 0 Å². The summed E-state index contributed by atoms with van der Waals surface area (Å²) in [6, 6.07) is 12.4. The van der Waals surface area contributed by atoms with Crippen molar-refractivity contribution in [2.24, 2.45) is 0 Å². The van der Waals surface area contributed by atoms with E-state index in [1.54, 1.807) is 0 Å². The van der Waals surface area contributed by atoms with Crippen LogP contribution < -0.4 is 0 Å². The number of piperidine rings is 1. The fourth-order valence-electron chi connectivity index (χ4n) is 3.26. The first kappa shape index (κ1) is 11.2. The van der Waals surface area contributed by atoms with Crippen molar-refractivity contribution in [3.63, 3.8) is 0 Å². The number of rotatable bonds is 2. The molecule has 2 heterocycles. The van der Waals surface area contributed by atoms with Gasteiger partial charge in [-0.25, -0.2) is 0 Å². The van der Waals surface area contributed by atoms with Gasteiger partial charge in [0, 0.05) is 12.6 Å². The van der Waals surface area contributed by atoms with Crippen LogP contribution in [-0.2, 0) is 6.54 Å². The highest BCUT2D eigenvalue weighted by Crippen LogP contribution is 2.30. The summed E-state index contributed by atoms with van der Waals surface area (Å²) in [5.74, 6) is 0. The molecule has 0 radical (unpaired) electrons. The van der Waals surface area contributed by atoms with E-state index in [0.717, 1.165) is 25.7 Å².